The predicted molar refractivity (Wildman–Crippen MR) is 101 cm³/mol. The molecule has 1 N–H and O–H groups in total. The van der Waals surface area contributed by atoms with Crippen molar-refractivity contribution in [3.63, 3.8) is 0 Å². The smallest absolute Gasteiger partial charge is 0.283 e. The van der Waals surface area contributed by atoms with Gasteiger partial charge in [0.25, 0.3) is 11.8 Å². The molecule has 3 rings (SSSR count). The summed E-state index contributed by atoms with van der Waals surface area (Å²) >= 11 is 12.2. The maximum atomic E-state index is 12.7. The molecular weight excluding hydrogens is 359 g/mol. The molecule has 1 aliphatic heterocycles. The predicted octanol–water partition coefficient (Wildman–Crippen LogP) is 4.65. The van der Waals surface area contributed by atoms with Gasteiger partial charge in [-0.15, -0.1) is 0 Å². The number of carbonyl (C=O) groups excluding carboxylic acids is 2. The Labute approximate surface area is 156 Å². The molecule has 1 heterocycles. The Morgan fingerprint density at radius 3 is 2.32 bits per heavy atom. The third-order valence-corrected chi connectivity index (χ3v) is 4.92. The number of aryl methyl sites for hydroxylation is 1. The van der Waals surface area contributed by atoms with Gasteiger partial charge in [0.05, 0.1) is 5.69 Å². The number of amides is 2. The van der Waals surface area contributed by atoms with Gasteiger partial charge in [0.1, 0.15) is 10.7 Å². The summed E-state index contributed by atoms with van der Waals surface area (Å²) in [7, 11) is 0. The van der Waals surface area contributed by atoms with Crippen molar-refractivity contribution in [2.24, 2.45) is 0 Å². The van der Waals surface area contributed by atoms with E-state index in [2.05, 4.69) is 5.32 Å². The fraction of sp³-hybridized carbons (Fsp3) is 0.158. The molecule has 6 heteroatoms. The van der Waals surface area contributed by atoms with Crippen LogP contribution in [0.1, 0.15) is 18.1 Å². The van der Waals surface area contributed by atoms with Gasteiger partial charge in [-0.3, -0.25) is 9.59 Å². The van der Waals surface area contributed by atoms with Gasteiger partial charge in [0, 0.05) is 10.7 Å². The molecule has 0 aromatic heterocycles. The van der Waals surface area contributed by atoms with Gasteiger partial charge in [0.15, 0.2) is 0 Å². The summed E-state index contributed by atoms with van der Waals surface area (Å²) in [6.07, 6.45) is 0.877. The summed E-state index contributed by atoms with van der Waals surface area (Å²) in [6.45, 7) is 3.86. The quantitative estimate of drug-likeness (QED) is 0.792. The zero-order valence-corrected chi connectivity index (χ0v) is 15.3. The van der Waals surface area contributed by atoms with E-state index in [0.717, 1.165) is 22.4 Å². The second-order valence-corrected chi connectivity index (χ2v) is 6.48. The highest BCUT2D eigenvalue weighted by Crippen LogP contribution is 2.32. The van der Waals surface area contributed by atoms with Crippen LogP contribution in [0.25, 0.3) is 0 Å². The summed E-state index contributed by atoms with van der Waals surface area (Å²) in [4.78, 5) is 26.3. The van der Waals surface area contributed by atoms with Gasteiger partial charge in [-0.05, 0) is 48.7 Å². The first kappa shape index (κ1) is 17.5. The molecule has 2 amide bonds. The molecule has 0 saturated heterocycles. The number of benzene rings is 2. The summed E-state index contributed by atoms with van der Waals surface area (Å²) in [5.41, 5.74) is 3.06. The lowest BCUT2D eigenvalue weighted by Crippen LogP contribution is -2.32. The van der Waals surface area contributed by atoms with Crippen LogP contribution in [0.15, 0.2) is 53.2 Å². The van der Waals surface area contributed by atoms with E-state index in [-0.39, 0.29) is 10.7 Å². The first-order valence-electron chi connectivity index (χ1n) is 7.83. The van der Waals surface area contributed by atoms with Gasteiger partial charge >= 0.3 is 0 Å². The third-order valence-electron chi connectivity index (χ3n) is 4.16. The molecule has 1 aliphatic rings. The number of nitrogens with one attached hydrogen (secondary N) is 1. The zero-order valence-electron chi connectivity index (χ0n) is 13.8. The molecule has 2 aromatic rings. The van der Waals surface area contributed by atoms with E-state index in [1.54, 1.807) is 30.3 Å². The van der Waals surface area contributed by atoms with Crippen molar-refractivity contribution in [1.29, 1.82) is 0 Å². The number of imide groups is 1. The normalized spacial score (nSPS) is 14.5. The van der Waals surface area contributed by atoms with Crippen molar-refractivity contribution < 1.29 is 9.59 Å². The van der Waals surface area contributed by atoms with Crippen LogP contribution in [0, 0.1) is 6.92 Å². The number of halogens is 2. The van der Waals surface area contributed by atoms with Gasteiger partial charge in [-0.25, -0.2) is 4.90 Å². The van der Waals surface area contributed by atoms with Gasteiger partial charge in [-0.2, -0.15) is 0 Å². The highest BCUT2D eigenvalue weighted by atomic mass is 35.5. The number of hydrogen-bond donors (Lipinski definition) is 1. The van der Waals surface area contributed by atoms with Crippen LogP contribution in [-0.4, -0.2) is 11.8 Å². The first-order valence-corrected chi connectivity index (χ1v) is 8.59. The Morgan fingerprint density at radius 2 is 1.68 bits per heavy atom. The zero-order chi connectivity index (χ0) is 18.1. The van der Waals surface area contributed by atoms with Crippen LogP contribution in [0.4, 0.5) is 11.4 Å². The molecule has 0 aliphatic carbocycles. The highest BCUT2D eigenvalue weighted by Gasteiger charge is 2.39. The van der Waals surface area contributed by atoms with Crippen LogP contribution >= 0.6 is 23.2 Å². The van der Waals surface area contributed by atoms with Crippen LogP contribution < -0.4 is 10.2 Å². The molecule has 2 aromatic carbocycles. The highest BCUT2D eigenvalue weighted by molar-refractivity contribution is 6.53. The van der Waals surface area contributed by atoms with E-state index < -0.39 is 11.8 Å². The Kier molecular flexibility index (Phi) is 4.84. The average molecular weight is 375 g/mol. The Balaban J connectivity index is 1.92. The second kappa shape index (κ2) is 6.90. The van der Waals surface area contributed by atoms with Crippen molar-refractivity contribution in [2.45, 2.75) is 20.3 Å². The van der Waals surface area contributed by atoms with Crippen molar-refractivity contribution >= 4 is 46.4 Å². The molecule has 0 radical (unpaired) electrons. The first-order chi connectivity index (χ1) is 11.9. The van der Waals surface area contributed by atoms with Crippen LogP contribution in [-0.2, 0) is 16.0 Å². The maximum absolute atomic E-state index is 12.7. The van der Waals surface area contributed by atoms with Crippen molar-refractivity contribution in [3.8, 4) is 0 Å². The Hall–Kier alpha value is -2.30. The third kappa shape index (κ3) is 3.15. The molecule has 128 valence electrons. The van der Waals surface area contributed by atoms with E-state index in [0.29, 0.717) is 16.4 Å². The van der Waals surface area contributed by atoms with Crippen LogP contribution in [0.2, 0.25) is 5.02 Å². The fourth-order valence-electron chi connectivity index (χ4n) is 2.60. The number of hydrogen-bond acceptors (Lipinski definition) is 3. The topological polar surface area (TPSA) is 49.4 Å². The van der Waals surface area contributed by atoms with Gasteiger partial charge in [-0.1, -0.05) is 48.3 Å². The number of nitrogens with zero attached hydrogens (tertiary/aromatic N) is 1. The van der Waals surface area contributed by atoms with E-state index >= 15 is 0 Å². The van der Waals surface area contributed by atoms with Crippen LogP contribution in [0.5, 0.6) is 0 Å². The minimum atomic E-state index is -0.543. The summed E-state index contributed by atoms with van der Waals surface area (Å²) < 4.78 is 0. The Morgan fingerprint density at radius 1 is 1.00 bits per heavy atom. The molecule has 4 nitrogen and oxygen atoms in total. The minimum Gasteiger partial charge on any atom is -0.349 e. The lowest BCUT2D eigenvalue weighted by molar-refractivity contribution is -0.120. The summed E-state index contributed by atoms with van der Waals surface area (Å²) in [5.74, 6) is -1.03. The van der Waals surface area contributed by atoms with Crippen molar-refractivity contribution in [3.05, 3.63) is 69.3 Å². The SMILES string of the molecule is CCc1ccc(N2C(=O)C(Cl)=C(Nc3cccc(Cl)c3C)C2=O)cc1. The lowest BCUT2D eigenvalue weighted by Gasteiger charge is -2.16. The van der Waals surface area contributed by atoms with Gasteiger partial charge in [0.2, 0.25) is 0 Å². The molecule has 0 bridgehead atoms. The number of carbonyl (C=O) groups is 2. The largest absolute Gasteiger partial charge is 0.349 e. The van der Waals surface area contributed by atoms with E-state index in [9.17, 15) is 9.59 Å². The van der Waals surface area contributed by atoms with Crippen molar-refractivity contribution in [1.82, 2.24) is 0 Å². The van der Waals surface area contributed by atoms with Crippen molar-refractivity contribution in [2.75, 3.05) is 10.2 Å². The summed E-state index contributed by atoms with van der Waals surface area (Å²) in [5, 5.41) is 3.38. The maximum Gasteiger partial charge on any atom is 0.283 e. The molecule has 0 fully saturated rings. The Bertz CT molecular complexity index is 889. The van der Waals surface area contributed by atoms with E-state index in [4.69, 9.17) is 23.2 Å². The second-order valence-electron chi connectivity index (χ2n) is 5.69. The molecular formula is C19H16Cl2N2O2. The monoisotopic (exact) mass is 374 g/mol. The number of anilines is 2. The summed E-state index contributed by atoms with van der Waals surface area (Å²) in [6, 6.07) is 12.5. The number of rotatable bonds is 4. The fourth-order valence-corrected chi connectivity index (χ4v) is 2.99. The molecule has 0 unspecified atom stereocenters. The molecule has 0 atom stereocenters. The average Bonchev–Trinajstić information content (AvgIpc) is 2.82. The lowest BCUT2D eigenvalue weighted by atomic mass is 10.1. The van der Waals surface area contributed by atoms with Gasteiger partial charge < -0.3 is 5.32 Å². The molecule has 0 saturated carbocycles. The molecule has 0 spiro atoms. The van der Waals surface area contributed by atoms with Crippen LogP contribution in [0.3, 0.4) is 0 Å². The molecule has 25 heavy (non-hydrogen) atoms. The standard InChI is InChI=1S/C19H16Cl2N2O2/c1-3-12-7-9-13(10-8-12)23-18(24)16(21)17(19(23)25)22-15-6-4-5-14(20)11(15)2/h4-10,22H,3H2,1-2H3. The minimum absolute atomic E-state index is 0.0524. The van der Waals surface area contributed by atoms with E-state index in [1.807, 2.05) is 26.0 Å². The van der Waals surface area contributed by atoms with E-state index in [1.165, 1.54) is 0 Å².